The number of nitrogens with zero attached hydrogens (tertiary/aromatic N) is 3. The van der Waals surface area contributed by atoms with E-state index in [0.717, 1.165) is 37.8 Å². The molecule has 0 aromatic heterocycles. The molecule has 3 rings (SSSR count). The standard InChI is InChI=1S/C35H54N4O7S/c1-25-13-16-30(17-14-25)47(43,44)36-29-15-18-32-31(21-29)35(42)39(27(3)24-40)22-26(2)33(45-20-9-8-11-28(4)46-32)23-38(7)34(41)12-10-19-37(5)6/h13-18,21,26-28,33,36,40H,8-12,19-20,22-24H2,1-7H3/t26-,27+,28-,33-/m1/s1. The van der Waals surface area contributed by atoms with Crippen LogP contribution in [0.25, 0.3) is 0 Å². The zero-order valence-electron chi connectivity index (χ0n) is 29.1. The van der Waals surface area contributed by atoms with Gasteiger partial charge in [-0.15, -0.1) is 0 Å². The lowest BCUT2D eigenvalue weighted by Crippen LogP contribution is -2.48. The molecule has 12 heteroatoms. The van der Waals surface area contributed by atoms with E-state index in [4.69, 9.17) is 9.47 Å². The number of benzene rings is 2. The number of likely N-dealkylation sites (N-methyl/N-ethyl adjacent to an activating group) is 1. The average molecular weight is 675 g/mol. The van der Waals surface area contributed by atoms with E-state index in [-0.39, 0.29) is 53.3 Å². The van der Waals surface area contributed by atoms with E-state index in [1.807, 2.05) is 34.9 Å². The molecule has 0 bridgehead atoms. The third-order valence-corrected chi connectivity index (χ3v) is 9.91. The summed E-state index contributed by atoms with van der Waals surface area (Å²) in [4.78, 5) is 32.7. The lowest BCUT2D eigenvalue weighted by Gasteiger charge is -2.36. The molecule has 2 N–H and O–H groups in total. The molecule has 2 amide bonds. The van der Waals surface area contributed by atoms with Crippen molar-refractivity contribution < 1.29 is 32.6 Å². The minimum atomic E-state index is -3.92. The number of sulfonamides is 1. The number of aliphatic hydroxyl groups is 1. The maximum atomic E-state index is 14.3. The summed E-state index contributed by atoms with van der Waals surface area (Å²) in [5.41, 5.74) is 1.34. The van der Waals surface area contributed by atoms with Crippen LogP contribution in [-0.2, 0) is 19.6 Å². The first kappa shape index (κ1) is 38.3. The maximum absolute atomic E-state index is 14.3. The van der Waals surface area contributed by atoms with Gasteiger partial charge >= 0.3 is 0 Å². The molecule has 2 aromatic carbocycles. The normalized spacial score (nSPS) is 20.6. The van der Waals surface area contributed by atoms with Gasteiger partial charge in [0.05, 0.1) is 35.3 Å². The minimum absolute atomic E-state index is 0.0410. The van der Waals surface area contributed by atoms with E-state index in [2.05, 4.69) is 9.62 Å². The number of fused-ring (bicyclic) bond motifs is 1. The molecular formula is C35H54N4O7S. The van der Waals surface area contributed by atoms with Gasteiger partial charge in [0.2, 0.25) is 5.91 Å². The summed E-state index contributed by atoms with van der Waals surface area (Å²) in [6, 6.07) is 10.7. The van der Waals surface area contributed by atoms with Gasteiger partial charge in [-0.3, -0.25) is 14.3 Å². The van der Waals surface area contributed by atoms with Crippen molar-refractivity contribution in [2.75, 3.05) is 58.7 Å². The number of anilines is 1. The van der Waals surface area contributed by atoms with E-state index in [1.165, 1.54) is 18.2 Å². The Labute approximate surface area is 281 Å². The lowest BCUT2D eigenvalue weighted by atomic mass is 10.0. The van der Waals surface area contributed by atoms with Crippen LogP contribution in [0.1, 0.15) is 68.8 Å². The summed E-state index contributed by atoms with van der Waals surface area (Å²) in [7, 11) is 1.83. The molecule has 11 nitrogen and oxygen atoms in total. The van der Waals surface area contributed by atoms with Gasteiger partial charge in [-0.1, -0.05) is 24.6 Å². The van der Waals surface area contributed by atoms with Gasteiger partial charge in [0, 0.05) is 44.8 Å². The summed E-state index contributed by atoms with van der Waals surface area (Å²) in [6.45, 7) is 9.23. The number of carbonyl (C=O) groups excluding carboxylic acids is 2. The zero-order valence-corrected chi connectivity index (χ0v) is 29.9. The van der Waals surface area contributed by atoms with Gasteiger partial charge in [-0.05, 0) is 97.4 Å². The van der Waals surface area contributed by atoms with Crippen molar-refractivity contribution >= 4 is 27.5 Å². The van der Waals surface area contributed by atoms with Crippen LogP contribution in [0.5, 0.6) is 5.75 Å². The second-order valence-corrected chi connectivity index (χ2v) is 14.8. The van der Waals surface area contributed by atoms with Gasteiger partial charge in [0.15, 0.2) is 0 Å². The minimum Gasteiger partial charge on any atom is -0.490 e. The Morgan fingerprint density at radius 1 is 1.11 bits per heavy atom. The van der Waals surface area contributed by atoms with E-state index in [1.54, 1.807) is 48.0 Å². The number of aliphatic hydroxyl groups excluding tert-OH is 1. The summed E-state index contributed by atoms with van der Waals surface area (Å²) in [6.07, 6.45) is 3.00. The van der Waals surface area contributed by atoms with Crippen LogP contribution >= 0.6 is 0 Å². The van der Waals surface area contributed by atoms with Crippen LogP contribution in [0, 0.1) is 12.8 Å². The Balaban J connectivity index is 1.93. The molecule has 4 atom stereocenters. The number of nitrogens with one attached hydrogen (secondary N) is 1. The first-order valence-electron chi connectivity index (χ1n) is 16.5. The Morgan fingerprint density at radius 3 is 2.47 bits per heavy atom. The van der Waals surface area contributed by atoms with Crippen molar-refractivity contribution in [1.29, 1.82) is 0 Å². The fourth-order valence-corrected chi connectivity index (χ4v) is 6.54. The second kappa shape index (κ2) is 17.8. The highest BCUT2D eigenvalue weighted by atomic mass is 32.2. The highest BCUT2D eigenvalue weighted by Crippen LogP contribution is 2.29. The Morgan fingerprint density at radius 2 is 1.81 bits per heavy atom. The Bertz CT molecular complexity index is 1420. The molecule has 47 heavy (non-hydrogen) atoms. The molecule has 1 aliphatic rings. The van der Waals surface area contributed by atoms with Crippen LogP contribution in [0.15, 0.2) is 47.4 Å². The number of rotatable bonds is 11. The van der Waals surface area contributed by atoms with Gasteiger partial charge in [-0.2, -0.15) is 0 Å². The third-order valence-electron chi connectivity index (χ3n) is 8.51. The highest BCUT2D eigenvalue weighted by molar-refractivity contribution is 7.92. The molecule has 0 spiro atoms. The molecule has 0 saturated heterocycles. The third kappa shape index (κ3) is 11.5. The molecular weight excluding hydrogens is 620 g/mol. The van der Waals surface area contributed by atoms with Crippen molar-refractivity contribution in [1.82, 2.24) is 14.7 Å². The predicted molar refractivity (Wildman–Crippen MR) is 184 cm³/mol. The quantitative estimate of drug-likeness (QED) is 0.359. The van der Waals surface area contributed by atoms with Gasteiger partial charge in [0.1, 0.15) is 5.75 Å². The number of hydrogen-bond donors (Lipinski definition) is 2. The zero-order chi connectivity index (χ0) is 34.7. The fraction of sp³-hybridized carbons (Fsp3) is 0.600. The van der Waals surface area contributed by atoms with Gasteiger partial charge < -0.3 is 29.3 Å². The van der Waals surface area contributed by atoms with Crippen LogP contribution < -0.4 is 9.46 Å². The van der Waals surface area contributed by atoms with Crippen LogP contribution in [0.4, 0.5) is 5.69 Å². The van der Waals surface area contributed by atoms with Crippen molar-refractivity contribution in [3.05, 3.63) is 53.6 Å². The van der Waals surface area contributed by atoms with Gasteiger partial charge in [0.25, 0.3) is 15.9 Å². The number of carbonyl (C=O) groups is 2. The fourth-order valence-electron chi connectivity index (χ4n) is 5.49. The van der Waals surface area contributed by atoms with E-state index < -0.39 is 22.0 Å². The van der Waals surface area contributed by atoms with Gasteiger partial charge in [-0.25, -0.2) is 8.42 Å². The van der Waals surface area contributed by atoms with Crippen molar-refractivity contribution in [2.45, 2.75) is 82.9 Å². The first-order chi connectivity index (χ1) is 22.2. The van der Waals surface area contributed by atoms with E-state index in [0.29, 0.717) is 25.3 Å². The molecule has 0 unspecified atom stereocenters. The summed E-state index contributed by atoms with van der Waals surface area (Å²) >= 11 is 0. The molecule has 0 radical (unpaired) electrons. The summed E-state index contributed by atoms with van der Waals surface area (Å²) < 4.78 is 41.6. The molecule has 262 valence electrons. The number of ether oxygens (including phenoxy) is 2. The lowest BCUT2D eigenvalue weighted by molar-refractivity contribution is -0.132. The summed E-state index contributed by atoms with van der Waals surface area (Å²) in [5.74, 6) is -0.212. The Kier molecular flexibility index (Phi) is 14.5. The summed E-state index contributed by atoms with van der Waals surface area (Å²) in [5, 5.41) is 10.2. The average Bonchev–Trinajstić information content (AvgIpc) is 3.02. The first-order valence-corrected chi connectivity index (χ1v) is 18.0. The number of aryl methyl sites for hydroxylation is 1. The van der Waals surface area contributed by atoms with Crippen molar-refractivity contribution in [2.24, 2.45) is 5.92 Å². The smallest absolute Gasteiger partial charge is 0.261 e. The van der Waals surface area contributed by atoms with Crippen molar-refractivity contribution in [3.8, 4) is 5.75 Å². The molecule has 2 aromatic rings. The number of amides is 2. The van der Waals surface area contributed by atoms with E-state index in [9.17, 15) is 23.1 Å². The van der Waals surface area contributed by atoms with Crippen LogP contribution in [0.2, 0.25) is 0 Å². The predicted octanol–water partition coefficient (Wildman–Crippen LogP) is 4.39. The molecule has 0 saturated carbocycles. The maximum Gasteiger partial charge on any atom is 0.261 e. The molecule has 0 aliphatic carbocycles. The van der Waals surface area contributed by atoms with Crippen LogP contribution in [-0.4, -0.2) is 112 Å². The van der Waals surface area contributed by atoms with Crippen LogP contribution in [0.3, 0.4) is 0 Å². The van der Waals surface area contributed by atoms with E-state index >= 15 is 0 Å². The monoisotopic (exact) mass is 674 g/mol. The largest absolute Gasteiger partial charge is 0.490 e. The highest BCUT2D eigenvalue weighted by Gasteiger charge is 2.31. The molecule has 1 aliphatic heterocycles. The topological polar surface area (TPSA) is 129 Å². The number of hydrogen-bond acceptors (Lipinski definition) is 8. The van der Waals surface area contributed by atoms with Crippen molar-refractivity contribution in [3.63, 3.8) is 0 Å². The molecule has 1 heterocycles. The SMILES string of the molecule is Cc1ccc(S(=O)(=O)Nc2ccc3c(c2)C(=O)N([C@@H](C)CO)C[C@@H](C)[C@@H](CN(C)C(=O)CCCN(C)C)OCCCC[C@@H](C)O3)cc1. The second-order valence-electron chi connectivity index (χ2n) is 13.1. The molecule has 0 fully saturated rings. The Hall–Kier alpha value is -3.19.